The Morgan fingerprint density at radius 3 is 2.67 bits per heavy atom. The highest BCUT2D eigenvalue weighted by Crippen LogP contribution is 2.52. The molecule has 0 spiro atoms. The van der Waals surface area contributed by atoms with Gasteiger partial charge in [-0.25, -0.2) is 9.18 Å². The Morgan fingerprint density at radius 2 is 1.90 bits per heavy atom. The van der Waals surface area contributed by atoms with E-state index in [0.29, 0.717) is 67.0 Å². The van der Waals surface area contributed by atoms with E-state index in [0.717, 1.165) is 25.2 Å². The lowest BCUT2D eigenvalue weighted by Crippen LogP contribution is -2.38. The third-order valence-electron chi connectivity index (χ3n) is 8.47. The SMILES string of the molecule is O=C(Oc1cccs1)N(CC1C2CN(Cc3ccnc4ccccc34)CC21)c1ccc(N2CCOCC2)c(F)c1. The number of carbonyl (C=O) groups is 1. The molecule has 0 bridgehead atoms. The van der Waals surface area contributed by atoms with Crippen LogP contribution in [-0.2, 0) is 11.3 Å². The zero-order chi connectivity index (χ0) is 27.1. The molecule has 0 radical (unpaired) electrons. The van der Waals surface area contributed by atoms with E-state index >= 15 is 4.39 Å². The lowest BCUT2D eigenvalue weighted by molar-refractivity contribution is 0.122. The van der Waals surface area contributed by atoms with Crippen molar-refractivity contribution in [3.05, 3.63) is 83.6 Å². The fourth-order valence-electron chi connectivity index (χ4n) is 6.35. The van der Waals surface area contributed by atoms with E-state index in [1.807, 2.05) is 34.7 Å². The standard InChI is InChI=1S/C31H31FN4O3S/c32-27-16-22(7-8-29(27)35-11-13-38-14-12-35)36(31(37)39-30-6-3-15-40-30)20-26-24-18-34(19-25(24)26)17-21-9-10-33-28-5-2-1-4-23(21)28/h1-10,15-16,24-26H,11-14,17-20H2. The summed E-state index contributed by atoms with van der Waals surface area (Å²) < 4.78 is 26.4. The van der Waals surface area contributed by atoms with Crippen molar-refractivity contribution in [1.29, 1.82) is 0 Å². The van der Waals surface area contributed by atoms with E-state index in [4.69, 9.17) is 9.47 Å². The maximum absolute atomic E-state index is 15.3. The molecule has 3 fully saturated rings. The van der Waals surface area contributed by atoms with Crippen LogP contribution in [0.4, 0.5) is 20.6 Å². The summed E-state index contributed by atoms with van der Waals surface area (Å²) in [5, 5.41) is 3.61. The molecule has 1 aliphatic carbocycles. The van der Waals surface area contributed by atoms with Gasteiger partial charge in [-0.2, -0.15) is 0 Å². The number of halogens is 1. The largest absolute Gasteiger partial charge is 0.420 e. The second kappa shape index (κ2) is 10.8. The van der Waals surface area contributed by atoms with E-state index in [1.165, 1.54) is 28.4 Å². The van der Waals surface area contributed by atoms with Crippen LogP contribution in [0.5, 0.6) is 5.06 Å². The van der Waals surface area contributed by atoms with Gasteiger partial charge >= 0.3 is 6.09 Å². The smallest absolute Gasteiger partial charge is 0.399 e. The minimum absolute atomic E-state index is 0.333. The van der Waals surface area contributed by atoms with E-state index in [2.05, 4.69) is 34.1 Å². The third-order valence-corrected chi connectivity index (χ3v) is 9.22. The molecule has 3 aliphatic rings. The van der Waals surface area contributed by atoms with Gasteiger partial charge in [0.15, 0.2) is 5.06 Å². The molecule has 9 heteroatoms. The number of pyridine rings is 1. The first-order valence-corrected chi connectivity index (χ1v) is 14.7. The van der Waals surface area contributed by atoms with Gasteiger partial charge in [0.05, 0.1) is 30.1 Å². The van der Waals surface area contributed by atoms with Gasteiger partial charge in [0.1, 0.15) is 5.82 Å². The normalized spacial score (nSPS) is 22.3. The topological polar surface area (TPSA) is 58.1 Å². The molecular formula is C31H31FN4O3S. The quantitative estimate of drug-likeness (QED) is 0.292. The second-order valence-electron chi connectivity index (χ2n) is 10.8. The van der Waals surface area contributed by atoms with Crippen molar-refractivity contribution >= 4 is 39.7 Å². The average Bonchev–Trinajstić information content (AvgIpc) is 3.31. The van der Waals surface area contributed by atoms with Gasteiger partial charge < -0.3 is 14.4 Å². The zero-order valence-electron chi connectivity index (χ0n) is 22.1. The highest BCUT2D eigenvalue weighted by molar-refractivity contribution is 7.11. The summed E-state index contributed by atoms with van der Waals surface area (Å²) in [5.41, 5.74) is 3.39. The number of ether oxygens (including phenoxy) is 2. The number of aromatic nitrogens is 1. The summed E-state index contributed by atoms with van der Waals surface area (Å²) in [6.07, 6.45) is 1.42. The van der Waals surface area contributed by atoms with Crippen molar-refractivity contribution in [2.45, 2.75) is 6.54 Å². The van der Waals surface area contributed by atoms with Gasteiger partial charge in [-0.1, -0.05) is 18.2 Å². The number of hydrogen-bond acceptors (Lipinski definition) is 7. The number of rotatable bonds is 7. The number of hydrogen-bond donors (Lipinski definition) is 0. The molecule has 2 aromatic carbocycles. The Hall–Kier alpha value is -3.53. The maximum atomic E-state index is 15.3. The van der Waals surface area contributed by atoms with Crippen LogP contribution in [0.2, 0.25) is 0 Å². The Labute approximate surface area is 236 Å². The lowest BCUT2D eigenvalue weighted by Gasteiger charge is -2.30. The molecule has 2 aromatic heterocycles. The highest BCUT2D eigenvalue weighted by Gasteiger charge is 2.56. The van der Waals surface area contributed by atoms with Crippen molar-refractivity contribution in [3.8, 4) is 5.06 Å². The molecule has 4 heterocycles. The molecular weight excluding hydrogens is 527 g/mol. The number of anilines is 2. The Kier molecular flexibility index (Phi) is 6.87. The molecule has 2 unspecified atom stereocenters. The van der Waals surface area contributed by atoms with Crippen LogP contribution < -0.4 is 14.5 Å². The molecule has 1 amide bonds. The number of amides is 1. The lowest BCUT2D eigenvalue weighted by atomic mass is 10.1. The number of morpholine rings is 1. The first-order chi connectivity index (χ1) is 19.6. The molecule has 2 saturated heterocycles. The molecule has 40 heavy (non-hydrogen) atoms. The molecule has 2 aliphatic heterocycles. The molecule has 2 atom stereocenters. The number of fused-ring (bicyclic) bond motifs is 2. The second-order valence-corrected chi connectivity index (χ2v) is 11.7. The minimum Gasteiger partial charge on any atom is -0.399 e. The fourth-order valence-corrected chi connectivity index (χ4v) is 6.92. The van der Waals surface area contributed by atoms with Gasteiger partial charge in [0.2, 0.25) is 0 Å². The van der Waals surface area contributed by atoms with E-state index in [1.54, 1.807) is 17.0 Å². The van der Waals surface area contributed by atoms with Gasteiger partial charge in [-0.3, -0.25) is 14.8 Å². The van der Waals surface area contributed by atoms with E-state index in [9.17, 15) is 4.79 Å². The first-order valence-electron chi connectivity index (χ1n) is 13.8. The number of nitrogens with zero attached hydrogens (tertiary/aromatic N) is 4. The molecule has 7 rings (SSSR count). The summed E-state index contributed by atoms with van der Waals surface area (Å²) in [6, 6.07) is 19.1. The highest BCUT2D eigenvalue weighted by atomic mass is 32.1. The van der Waals surface area contributed by atoms with Gasteiger partial charge in [-0.05, 0) is 71.2 Å². The van der Waals surface area contributed by atoms with Crippen LogP contribution in [0.15, 0.2) is 72.2 Å². The van der Waals surface area contributed by atoms with Crippen molar-refractivity contribution in [2.75, 3.05) is 55.7 Å². The number of carbonyl (C=O) groups excluding carboxylic acids is 1. The maximum Gasteiger partial charge on any atom is 0.420 e. The Balaban J connectivity index is 1.05. The fraction of sp³-hybridized carbons (Fsp3) is 0.355. The molecule has 206 valence electrons. The predicted octanol–water partition coefficient (Wildman–Crippen LogP) is 5.66. The summed E-state index contributed by atoms with van der Waals surface area (Å²) in [4.78, 5) is 24.0. The van der Waals surface area contributed by atoms with Crippen molar-refractivity contribution in [2.24, 2.45) is 17.8 Å². The predicted molar refractivity (Wildman–Crippen MR) is 155 cm³/mol. The van der Waals surface area contributed by atoms with Crippen LogP contribution in [0, 0.1) is 23.6 Å². The van der Waals surface area contributed by atoms with Crippen LogP contribution in [0.1, 0.15) is 5.56 Å². The van der Waals surface area contributed by atoms with Crippen molar-refractivity contribution in [1.82, 2.24) is 9.88 Å². The minimum atomic E-state index is -0.467. The van der Waals surface area contributed by atoms with Crippen molar-refractivity contribution < 1.29 is 18.7 Å². The summed E-state index contributed by atoms with van der Waals surface area (Å²) in [6.45, 7) is 5.85. The average molecular weight is 559 g/mol. The van der Waals surface area contributed by atoms with Crippen LogP contribution >= 0.6 is 11.3 Å². The number of thiophene rings is 1. The number of benzene rings is 2. The van der Waals surface area contributed by atoms with E-state index < -0.39 is 6.09 Å². The molecule has 7 nitrogen and oxygen atoms in total. The first kappa shape index (κ1) is 25.4. The Morgan fingerprint density at radius 1 is 1.07 bits per heavy atom. The molecule has 0 N–H and O–H groups in total. The summed E-state index contributed by atoms with van der Waals surface area (Å²) in [7, 11) is 0. The summed E-state index contributed by atoms with van der Waals surface area (Å²) in [5.74, 6) is 1.06. The van der Waals surface area contributed by atoms with Crippen LogP contribution in [0.25, 0.3) is 10.9 Å². The van der Waals surface area contributed by atoms with Crippen LogP contribution in [-0.4, -0.2) is 61.9 Å². The zero-order valence-corrected chi connectivity index (χ0v) is 22.9. The van der Waals surface area contributed by atoms with Gasteiger partial charge in [0.25, 0.3) is 0 Å². The van der Waals surface area contributed by atoms with Crippen molar-refractivity contribution in [3.63, 3.8) is 0 Å². The van der Waals surface area contributed by atoms with E-state index in [-0.39, 0.29) is 5.82 Å². The van der Waals surface area contributed by atoms with Crippen LogP contribution in [0.3, 0.4) is 0 Å². The summed E-state index contributed by atoms with van der Waals surface area (Å²) >= 11 is 1.37. The number of likely N-dealkylation sites (tertiary alicyclic amines) is 1. The molecule has 1 saturated carbocycles. The van der Waals surface area contributed by atoms with Gasteiger partial charge in [0, 0.05) is 50.9 Å². The monoisotopic (exact) mass is 558 g/mol. The molecule has 4 aromatic rings. The Bertz CT molecular complexity index is 1490. The number of piperidine rings is 1. The number of para-hydroxylation sites is 1. The third kappa shape index (κ3) is 5.05. The van der Waals surface area contributed by atoms with Gasteiger partial charge in [-0.15, -0.1) is 11.3 Å².